The van der Waals surface area contributed by atoms with E-state index in [0.717, 1.165) is 0 Å². The second kappa shape index (κ2) is 5.61. The van der Waals surface area contributed by atoms with Crippen LogP contribution in [0.5, 0.6) is 0 Å². The summed E-state index contributed by atoms with van der Waals surface area (Å²) in [5.74, 6) is -0.731. The van der Waals surface area contributed by atoms with Gasteiger partial charge in [-0.05, 0) is 19.3 Å². The fourth-order valence-electron chi connectivity index (χ4n) is 1.01. The molecule has 14 heavy (non-hydrogen) atoms. The molecule has 0 aliphatic rings. The zero-order valence-electron chi connectivity index (χ0n) is 8.60. The third-order valence-electron chi connectivity index (χ3n) is 1.80. The smallest absolute Gasteiger partial charge is 0.323 e. The molecule has 83 valence electrons. The maximum absolute atomic E-state index is 10.8. The fourth-order valence-corrected chi connectivity index (χ4v) is 1.38. The molecule has 0 bridgehead atoms. The maximum atomic E-state index is 10.8. The summed E-state index contributed by atoms with van der Waals surface area (Å²) >= 11 is 0. The minimum Gasteiger partial charge on any atom is -0.323 e. The molecule has 1 radical (unpaired) electrons. The van der Waals surface area contributed by atoms with Crippen molar-refractivity contribution in [3.8, 4) is 0 Å². The highest BCUT2D eigenvalue weighted by Gasteiger charge is 2.26. The van der Waals surface area contributed by atoms with E-state index in [0.29, 0.717) is 6.42 Å². The van der Waals surface area contributed by atoms with Crippen LogP contribution in [0.2, 0.25) is 0 Å². The second-order valence-corrected chi connectivity index (χ2v) is 5.68. The molecule has 0 spiro atoms. The van der Waals surface area contributed by atoms with Gasteiger partial charge in [-0.2, -0.15) is 0 Å². The van der Waals surface area contributed by atoms with Crippen LogP contribution in [0.3, 0.4) is 0 Å². The van der Waals surface area contributed by atoms with E-state index < -0.39 is 19.4 Å². The molecule has 0 aromatic rings. The molecule has 0 rings (SSSR count). The van der Waals surface area contributed by atoms with Crippen molar-refractivity contribution in [2.45, 2.75) is 39.0 Å². The fraction of sp³-hybridized carbons (Fsp3) is 0.875. The van der Waals surface area contributed by atoms with Crippen molar-refractivity contribution in [3.05, 3.63) is 0 Å². The normalized spacial score (nSPS) is 16.7. The molecular weight excluding hydrogens is 205 g/mol. The first-order chi connectivity index (χ1) is 6.27. The number of hydrogen-bond donors (Lipinski definition) is 3. The van der Waals surface area contributed by atoms with Crippen molar-refractivity contribution in [2.24, 2.45) is 5.92 Å². The molecule has 3 N–H and O–H groups in total. The maximum Gasteiger partial charge on any atom is 0.342 e. The van der Waals surface area contributed by atoms with E-state index in [1.54, 1.807) is 6.29 Å². The molecule has 1 unspecified atom stereocenters. The summed E-state index contributed by atoms with van der Waals surface area (Å²) in [6.45, 7) is 5.20. The van der Waals surface area contributed by atoms with Crippen LogP contribution in [0.15, 0.2) is 0 Å². The number of nitrogens with one attached hydrogen (secondary N) is 1. The Bertz CT molecular complexity index is 225. The van der Waals surface area contributed by atoms with E-state index in [1.165, 1.54) is 6.92 Å². The Labute approximate surface area is 84.1 Å². The van der Waals surface area contributed by atoms with E-state index in [1.807, 2.05) is 13.8 Å². The zero-order valence-corrected chi connectivity index (χ0v) is 9.49. The van der Waals surface area contributed by atoms with Gasteiger partial charge < -0.3 is 9.79 Å². The predicted octanol–water partition coefficient (Wildman–Crippen LogP) is 0.624. The van der Waals surface area contributed by atoms with Gasteiger partial charge >= 0.3 is 7.60 Å². The van der Waals surface area contributed by atoms with Crippen molar-refractivity contribution in [1.29, 1.82) is 0 Å². The lowest BCUT2D eigenvalue weighted by Crippen LogP contribution is -2.38. The van der Waals surface area contributed by atoms with Crippen LogP contribution < -0.4 is 5.32 Å². The van der Waals surface area contributed by atoms with Gasteiger partial charge in [0.15, 0.2) is 0 Å². The topological polar surface area (TPSA) is 86.6 Å². The highest BCUT2D eigenvalue weighted by atomic mass is 31.2. The molecule has 6 heteroatoms. The van der Waals surface area contributed by atoms with E-state index in [-0.39, 0.29) is 5.92 Å². The lowest BCUT2D eigenvalue weighted by molar-refractivity contribution is 0.342. The van der Waals surface area contributed by atoms with Crippen LogP contribution in [-0.4, -0.2) is 27.9 Å². The third-order valence-corrected chi connectivity index (χ3v) is 2.95. The first-order valence-corrected chi connectivity index (χ1v) is 6.14. The van der Waals surface area contributed by atoms with Crippen molar-refractivity contribution in [3.63, 3.8) is 0 Å². The summed E-state index contributed by atoms with van der Waals surface area (Å²) in [6.07, 6.45) is 2.25. The lowest BCUT2D eigenvalue weighted by atomic mass is 10.1. The molecule has 0 aromatic heterocycles. The Balaban J connectivity index is 4.19. The van der Waals surface area contributed by atoms with Gasteiger partial charge in [0.2, 0.25) is 6.29 Å². The quantitative estimate of drug-likeness (QED) is 0.573. The first-order valence-electron chi connectivity index (χ1n) is 4.46. The van der Waals surface area contributed by atoms with Gasteiger partial charge in [0.05, 0.1) is 6.04 Å². The molecule has 2 atom stereocenters. The van der Waals surface area contributed by atoms with E-state index in [9.17, 15) is 9.36 Å². The molecule has 0 aliphatic carbocycles. The lowest BCUT2D eigenvalue weighted by Gasteiger charge is -2.20. The van der Waals surface area contributed by atoms with Crippen LogP contribution in [0.4, 0.5) is 0 Å². The number of rotatable bonds is 6. The van der Waals surface area contributed by atoms with Crippen LogP contribution in [0.25, 0.3) is 0 Å². The highest BCUT2D eigenvalue weighted by molar-refractivity contribution is 7.52. The van der Waals surface area contributed by atoms with Gasteiger partial charge in [0, 0.05) is 0 Å². The summed E-state index contributed by atoms with van der Waals surface area (Å²) in [4.78, 5) is 28.0. The number of carbonyl (C=O) groups excluding carboxylic acids is 1. The zero-order chi connectivity index (χ0) is 11.4. The number of hydrogen-bond acceptors (Lipinski definition) is 3. The van der Waals surface area contributed by atoms with Gasteiger partial charge in [-0.1, -0.05) is 13.8 Å². The van der Waals surface area contributed by atoms with E-state index in [4.69, 9.17) is 9.79 Å². The summed E-state index contributed by atoms with van der Waals surface area (Å²) in [5.41, 5.74) is 0. The Morgan fingerprint density at radius 2 is 1.86 bits per heavy atom. The van der Waals surface area contributed by atoms with E-state index in [2.05, 4.69) is 5.32 Å². The Morgan fingerprint density at radius 1 is 1.36 bits per heavy atom. The molecule has 0 saturated heterocycles. The van der Waals surface area contributed by atoms with Crippen molar-refractivity contribution in [1.82, 2.24) is 5.32 Å². The van der Waals surface area contributed by atoms with E-state index >= 15 is 0 Å². The molecule has 0 heterocycles. The van der Waals surface area contributed by atoms with Crippen LogP contribution >= 0.6 is 7.60 Å². The third kappa shape index (κ3) is 5.50. The first kappa shape index (κ1) is 13.8. The molecule has 0 aromatic carbocycles. The summed E-state index contributed by atoms with van der Waals surface area (Å²) in [5, 5.41) is 2.55. The Hall–Kier alpha value is -0.220. The van der Waals surface area contributed by atoms with Crippen LogP contribution in [0.1, 0.15) is 27.2 Å². The SMILES string of the molecule is CC(C)C[C@@H]([C]=O)NC(C)P(=O)(O)O. The predicted molar refractivity (Wildman–Crippen MR) is 53.6 cm³/mol. The average molecular weight is 222 g/mol. The van der Waals surface area contributed by atoms with Gasteiger partial charge in [-0.15, -0.1) is 0 Å². The Kier molecular flexibility index (Phi) is 5.52. The minimum absolute atomic E-state index is 0.276. The molecular formula is C8H17NO4P. The largest absolute Gasteiger partial charge is 0.342 e. The van der Waals surface area contributed by atoms with Crippen molar-refractivity contribution in [2.75, 3.05) is 0 Å². The summed E-state index contributed by atoms with van der Waals surface area (Å²) in [7, 11) is -4.16. The van der Waals surface area contributed by atoms with Gasteiger partial charge in [0.25, 0.3) is 0 Å². The molecule has 0 saturated carbocycles. The summed E-state index contributed by atoms with van der Waals surface area (Å²) < 4.78 is 10.8. The average Bonchev–Trinajstić information content (AvgIpc) is 2.00. The molecule has 0 fully saturated rings. The van der Waals surface area contributed by atoms with Crippen LogP contribution in [0, 0.1) is 5.92 Å². The van der Waals surface area contributed by atoms with Crippen molar-refractivity contribution < 1.29 is 19.1 Å². The second-order valence-electron chi connectivity index (χ2n) is 3.73. The van der Waals surface area contributed by atoms with Crippen molar-refractivity contribution >= 4 is 13.9 Å². The molecule has 5 nitrogen and oxygen atoms in total. The molecule has 0 aliphatic heterocycles. The minimum atomic E-state index is -4.16. The van der Waals surface area contributed by atoms with Gasteiger partial charge in [-0.3, -0.25) is 14.7 Å². The van der Waals surface area contributed by atoms with Crippen LogP contribution in [-0.2, 0) is 9.36 Å². The van der Waals surface area contributed by atoms with Gasteiger partial charge in [-0.25, -0.2) is 0 Å². The standard InChI is InChI=1S/C8H17NO4P/c1-6(2)4-8(5-10)9-7(3)14(11,12)13/h6-9H,4H2,1-3H3,(H2,11,12,13)/t7?,8-/m0/s1. The summed E-state index contributed by atoms with van der Waals surface area (Å²) in [6, 6.07) is -0.613. The highest BCUT2D eigenvalue weighted by Crippen LogP contribution is 2.39. The molecule has 0 amide bonds. The Morgan fingerprint density at radius 3 is 2.14 bits per heavy atom. The van der Waals surface area contributed by atoms with Gasteiger partial charge in [0.1, 0.15) is 5.78 Å². The monoisotopic (exact) mass is 222 g/mol.